The Bertz CT molecular complexity index is 701. The van der Waals surface area contributed by atoms with Gasteiger partial charge in [0.25, 0.3) is 0 Å². The van der Waals surface area contributed by atoms with E-state index in [1.54, 1.807) is 6.92 Å². The second-order valence-electron chi connectivity index (χ2n) is 5.90. The molecule has 23 heavy (non-hydrogen) atoms. The molecule has 0 bridgehead atoms. The van der Waals surface area contributed by atoms with E-state index in [-0.39, 0.29) is 17.7 Å². The van der Waals surface area contributed by atoms with E-state index in [0.29, 0.717) is 18.6 Å². The van der Waals surface area contributed by atoms with Crippen LogP contribution in [0, 0.1) is 0 Å². The molecule has 0 aromatic heterocycles. The molecule has 1 aromatic carbocycles. The van der Waals surface area contributed by atoms with E-state index in [9.17, 15) is 9.59 Å². The van der Waals surface area contributed by atoms with Gasteiger partial charge in [-0.1, -0.05) is 30.3 Å². The zero-order chi connectivity index (χ0) is 16.4. The Morgan fingerprint density at radius 1 is 1.26 bits per heavy atom. The van der Waals surface area contributed by atoms with Gasteiger partial charge in [0, 0.05) is 29.3 Å². The molecule has 1 heterocycles. The Morgan fingerprint density at radius 3 is 2.70 bits per heavy atom. The molecule has 0 radical (unpaired) electrons. The fraction of sp³-hybridized carbons (Fsp3) is 0.368. The number of nitrogens with one attached hydrogen (secondary N) is 1. The number of dihydropyridines is 1. The molecule has 1 N–H and O–H groups in total. The van der Waals surface area contributed by atoms with Gasteiger partial charge in [0.15, 0.2) is 5.78 Å². The van der Waals surface area contributed by atoms with E-state index in [1.807, 2.05) is 37.3 Å². The topological polar surface area (TPSA) is 55.4 Å². The number of esters is 1. The predicted molar refractivity (Wildman–Crippen MR) is 87.5 cm³/mol. The highest BCUT2D eigenvalue weighted by Gasteiger charge is 2.38. The number of rotatable bonds is 3. The van der Waals surface area contributed by atoms with Crippen LogP contribution < -0.4 is 5.32 Å². The smallest absolute Gasteiger partial charge is 0.336 e. The predicted octanol–water partition coefficient (Wildman–Crippen LogP) is 3.22. The summed E-state index contributed by atoms with van der Waals surface area (Å²) in [5.74, 6) is -0.558. The average molecular weight is 311 g/mol. The number of allylic oxidation sites excluding steroid dienone is 3. The first-order valence-corrected chi connectivity index (χ1v) is 8.09. The molecule has 1 aliphatic heterocycles. The summed E-state index contributed by atoms with van der Waals surface area (Å²) < 4.78 is 5.25. The van der Waals surface area contributed by atoms with Crippen molar-refractivity contribution in [2.24, 2.45) is 0 Å². The van der Waals surface area contributed by atoms with Crippen LogP contribution in [0.4, 0.5) is 0 Å². The third-order valence-corrected chi connectivity index (χ3v) is 4.40. The van der Waals surface area contributed by atoms with Crippen molar-refractivity contribution in [1.82, 2.24) is 5.32 Å². The first kappa shape index (κ1) is 15.5. The van der Waals surface area contributed by atoms with Crippen LogP contribution in [0.1, 0.15) is 44.6 Å². The van der Waals surface area contributed by atoms with Crippen LogP contribution in [0.2, 0.25) is 0 Å². The lowest BCUT2D eigenvalue weighted by Crippen LogP contribution is -2.34. The summed E-state index contributed by atoms with van der Waals surface area (Å²) in [6.07, 6.45) is 2.24. The van der Waals surface area contributed by atoms with Crippen LogP contribution in [0.25, 0.3) is 0 Å². The molecular formula is C19H21NO3. The second-order valence-corrected chi connectivity index (χ2v) is 5.90. The highest BCUT2D eigenvalue weighted by Crippen LogP contribution is 2.42. The van der Waals surface area contributed by atoms with Gasteiger partial charge in [0.05, 0.1) is 12.2 Å². The standard InChI is InChI=1S/C19H21NO3/c1-3-23-19(22)16-12(2)20-14-10-7-11-15(21)18(14)17(16)13-8-5-4-6-9-13/h4-6,8-9,17,20H,3,7,10-11H2,1-2H3. The molecule has 4 heteroatoms. The molecule has 3 rings (SSSR count). The van der Waals surface area contributed by atoms with Crippen molar-refractivity contribution in [2.75, 3.05) is 6.61 Å². The molecule has 1 unspecified atom stereocenters. The van der Waals surface area contributed by atoms with Crippen LogP contribution >= 0.6 is 0 Å². The molecule has 0 fully saturated rings. The summed E-state index contributed by atoms with van der Waals surface area (Å²) in [6.45, 7) is 3.99. The number of ketones is 1. The molecule has 1 aliphatic carbocycles. The van der Waals surface area contributed by atoms with E-state index in [4.69, 9.17) is 4.74 Å². The van der Waals surface area contributed by atoms with Crippen LogP contribution in [-0.4, -0.2) is 18.4 Å². The number of Topliss-reactive ketones (excluding diaryl/α,β-unsaturated/α-hetero) is 1. The zero-order valence-electron chi connectivity index (χ0n) is 13.5. The van der Waals surface area contributed by atoms with E-state index in [1.165, 1.54) is 0 Å². The molecule has 120 valence electrons. The number of carbonyl (C=O) groups excluding carboxylic acids is 2. The maximum Gasteiger partial charge on any atom is 0.336 e. The van der Waals surface area contributed by atoms with Crippen LogP contribution in [0.5, 0.6) is 0 Å². The molecule has 0 spiro atoms. The van der Waals surface area contributed by atoms with Crippen molar-refractivity contribution in [3.63, 3.8) is 0 Å². The van der Waals surface area contributed by atoms with Crippen LogP contribution in [-0.2, 0) is 14.3 Å². The normalized spacial score (nSPS) is 21.0. The molecule has 0 saturated carbocycles. The summed E-state index contributed by atoms with van der Waals surface area (Å²) >= 11 is 0. The summed E-state index contributed by atoms with van der Waals surface area (Å²) in [4.78, 5) is 25.1. The van der Waals surface area contributed by atoms with E-state index >= 15 is 0 Å². The first-order valence-electron chi connectivity index (χ1n) is 8.09. The van der Waals surface area contributed by atoms with Crippen LogP contribution in [0.3, 0.4) is 0 Å². The fourth-order valence-corrected chi connectivity index (χ4v) is 3.44. The average Bonchev–Trinajstić information content (AvgIpc) is 2.54. The lowest BCUT2D eigenvalue weighted by atomic mass is 9.75. The fourth-order valence-electron chi connectivity index (χ4n) is 3.44. The Balaban J connectivity index is 2.15. The number of ether oxygens (including phenoxy) is 1. The van der Waals surface area contributed by atoms with Gasteiger partial charge in [-0.15, -0.1) is 0 Å². The molecule has 0 saturated heterocycles. The minimum atomic E-state index is -0.351. The minimum absolute atomic E-state index is 0.127. The SMILES string of the molecule is CCOC(=O)C1=C(C)NC2=C(C(=O)CCC2)C1c1ccccc1. The molecule has 1 aromatic rings. The third kappa shape index (κ3) is 2.81. The van der Waals surface area contributed by atoms with Gasteiger partial charge in [-0.05, 0) is 32.3 Å². The highest BCUT2D eigenvalue weighted by atomic mass is 16.5. The second kappa shape index (κ2) is 6.41. The highest BCUT2D eigenvalue weighted by molar-refractivity contribution is 6.03. The number of carbonyl (C=O) groups is 2. The van der Waals surface area contributed by atoms with Crippen molar-refractivity contribution in [2.45, 2.75) is 39.0 Å². The monoisotopic (exact) mass is 311 g/mol. The largest absolute Gasteiger partial charge is 0.463 e. The summed E-state index contributed by atoms with van der Waals surface area (Å²) in [6, 6.07) is 9.74. The van der Waals surface area contributed by atoms with Gasteiger partial charge >= 0.3 is 5.97 Å². The Hall–Kier alpha value is -2.36. The summed E-state index contributed by atoms with van der Waals surface area (Å²) in [5.41, 5.74) is 3.98. The number of benzene rings is 1. The van der Waals surface area contributed by atoms with Gasteiger partial charge in [0.1, 0.15) is 0 Å². The lowest BCUT2D eigenvalue weighted by Gasteiger charge is -2.34. The third-order valence-electron chi connectivity index (χ3n) is 4.40. The van der Waals surface area contributed by atoms with Crippen LogP contribution in [0.15, 0.2) is 52.9 Å². The Labute approximate surface area is 136 Å². The van der Waals surface area contributed by atoms with Crippen molar-refractivity contribution in [1.29, 1.82) is 0 Å². The number of hydrogen-bond acceptors (Lipinski definition) is 4. The summed E-state index contributed by atoms with van der Waals surface area (Å²) in [7, 11) is 0. The van der Waals surface area contributed by atoms with Crippen molar-refractivity contribution in [3.05, 3.63) is 58.4 Å². The Kier molecular flexibility index (Phi) is 4.33. The summed E-state index contributed by atoms with van der Waals surface area (Å²) in [5, 5.41) is 3.28. The molecule has 0 amide bonds. The van der Waals surface area contributed by atoms with E-state index < -0.39 is 0 Å². The maximum absolute atomic E-state index is 12.6. The molecular weight excluding hydrogens is 290 g/mol. The van der Waals surface area contributed by atoms with Gasteiger partial charge in [-0.25, -0.2) is 4.79 Å². The van der Waals surface area contributed by atoms with Gasteiger partial charge in [-0.2, -0.15) is 0 Å². The van der Waals surface area contributed by atoms with Crippen molar-refractivity contribution >= 4 is 11.8 Å². The van der Waals surface area contributed by atoms with Gasteiger partial charge in [-0.3, -0.25) is 4.79 Å². The molecule has 4 nitrogen and oxygen atoms in total. The van der Waals surface area contributed by atoms with Gasteiger partial charge in [0.2, 0.25) is 0 Å². The van der Waals surface area contributed by atoms with E-state index in [0.717, 1.165) is 35.4 Å². The molecule has 1 atom stereocenters. The Morgan fingerprint density at radius 2 is 2.00 bits per heavy atom. The van der Waals surface area contributed by atoms with E-state index in [2.05, 4.69) is 5.32 Å². The van der Waals surface area contributed by atoms with Crippen molar-refractivity contribution in [3.8, 4) is 0 Å². The first-order chi connectivity index (χ1) is 11.1. The quantitative estimate of drug-likeness (QED) is 0.871. The maximum atomic E-state index is 12.6. The lowest BCUT2D eigenvalue weighted by molar-refractivity contribution is -0.138. The number of hydrogen-bond donors (Lipinski definition) is 1. The minimum Gasteiger partial charge on any atom is -0.463 e. The van der Waals surface area contributed by atoms with Crippen molar-refractivity contribution < 1.29 is 14.3 Å². The van der Waals surface area contributed by atoms with Gasteiger partial charge < -0.3 is 10.1 Å². The zero-order valence-corrected chi connectivity index (χ0v) is 13.5. The molecule has 2 aliphatic rings.